The van der Waals surface area contributed by atoms with Gasteiger partial charge in [-0.25, -0.2) is 9.97 Å². The molecule has 2 aliphatic rings. The van der Waals surface area contributed by atoms with Crippen LogP contribution in [0.4, 0.5) is 5.82 Å². The molecular formula is C15H22IN3S2. The van der Waals surface area contributed by atoms with Crippen LogP contribution in [-0.4, -0.2) is 33.8 Å². The summed E-state index contributed by atoms with van der Waals surface area (Å²) >= 11 is 6.50. The SMILES string of the molecule is CCNc1nc(C2CSCCS2)nc(C2CCCC2)c1I. The molecule has 0 bridgehead atoms. The number of hydrogen-bond donors (Lipinski definition) is 1. The Kier molecular flexibility index (Phi) is 5.95. The highest BCUT2D eigenvalue weighted by Crippen LogP contribution is 2.40. The third kappa shape index (κ3) is 3.80. The molecule has 3 nitrogen and oxygen atoms in total. The summed E-state index contributed by atoms with van der Waals surface area (Å²) in [6.45, 7) is 3.06. The molecule has 0 amide bonds. The van der Waals surface area contributed by atoms with Crippen LogP contribution in [0.5, 0.6) is 0 Å². The molecule has 1 aromatic heterocycles. The maximum Gasteiger partial charge on any atom is 0.144 e. The van der Waals surface area contributed by atoms with Crippen molar-refractivity contribution in [2.45, 2.75) is 43.8 Å². The van der Waals surface area contributed by atoms with E-state index < -0.39 is 0 Å². The normalized spacial score (nSPS) is 23.4. The lowest BCUT2D eigenvalue weighted by molar-refractivity contribution is 0.679. The van der Waals surface area contributed by atoms with Gasteiger partial charge in [0.15, 0.2) is 0 Å². The van der Waals surface area contributed by atoms with E-state index in [1.165, 1.54) is 46.5 Å². The molecule has 1 aliphatic carbocycles. The van der Waals surface area contributed by atoms with Crippen LogP contribution in [0.1, 0.15) is 55.3 Å². The van der Waals surface area contributed by atoms with E-state index in [0.717, 1.165) is 23.9 Å². The second-order valence-corrected chi connectivity index (χ2v) is 9.11. The molecule has 1 aromatic rings. The average molecular weight is 435 g/mol. The van der Waals surface area contributed by atoms with E-state index in [9.17, 15) is 0 Å². The Morgan fingerprint density at radius 2 is 2.05 bits per heavy atom. The van der Waals surface area contributed by atoms with Crippen LogP contribution in [0.2, 0.25) is 0 Å². The Morgan fingerprint density at radius 3 is 2.71 bits per heavy atom. The second kappa shape index (κ2) is 7.73. The first-order valence-electron chi connectivity index (χ1n) is 7.80. The van der Waals surface area contributed by atoms with Gasteiger partial charge in [-0.2, -0.15) is 11.8 Å². The van der Waals surface area contributed by atoms with Gasteiger partial charge in [0.1, 0.15) is 11.6 Å². The molecule has 2 fully saturated rings. The first-order valence-corrected chi connectivity index (χ1v) is 11.1. The summed E-state index contributed by atoms with van der Waals surface area (Å²) in [7, 11) is 0. The topological polar surface area (TPSA) is 37.8 Å². The molecule has 6 heteroatoms. The summed E-state index contributed by atoms with van der Waals surface area (Å²) in [5, 5.41) is 3.92. The number of halogens is 1. The molecule has 3 rings (SSSR count). The van der Waals surface area contributed by atoms with Crippen molar-refractivity contribution < 1.29 is 0 Å². The van der Waals surface area contributed by atoms with Crippen LogP contribution in [0.25, 0.3) is 0 Å². The predicted molar refractivity (Wildman–Crippen MR) is 103 cm³/mol. The van der Waals surface area contributed by atoms with E-state index in [1.54, 1.807) is 0 Å². The molecule has 21 heavy (non-hydrogen) atoms. The fourth-order valence-corrected chi connectivity index (χ4v) is 6.49. The van der Waals surface area contributed by atoms with Gasteiger partial charge in [0, 0.05) is 29.7 Å². The summed E-state index contributed by atoms with van der Waals surface area (Å²) in [6.07, 6.45) is 5.30. The van der Waals surface area contributed by atoms with Crippen LogP contribution in [0.3, 0.4) is 0 Å². The van der Waals surface area contributed by atoms with Gasteiger partial charge in [0.05, 0.1) is 14.5 Å². The lowest BCUT2D eigenvalue weighted by atomic mass is 10.0. The molecular weight excluding hydrogens is 413 g/mol. The van der Waals surface area contributed by atoms with Crippen molar-refractivity contribution in [2.75, 3.05) is 29.1 Å². The fourth-order valence-electron chi connectivity index (χ4n) is 3.02. The Labute approximate surface area is 149 Å². The van der Waals surface area contributed by atoms with Crippen LogP contribution >= 0.6 is 46.1 Å². The van der Waals surface area contributed by atoms with E-state index in [4.69, 9.17) is 9.97 Å². The number of nitrogens with zero attached hydrogens (tertiary/aromatic N) is 2. The van der Waals surface area contributed by atoms with Crippen molar-refractivity contribution in [1.29, 1.82) is 0 Å². The molecule has 0 spiro atoms. The third-order valence-electron chi connectivity index (χ3n) is 4.08. The van der Waals surface area contributed by atoms with Crippen molar-refractivity contribution >= 4 is 51.9 Å². The fraction of sp³-hybridized carbons (Fsp3) is 0.733. The first kappa shape index (κ1) is 16.2. The maximum atomic E-state index is 5.03. The Morgan fingerprint density at radius 1 is 1.24 bits per heavy atom. The number of anilines is 1. The Bertz CT molecular complexity index is 486. The summed E-state index contributed by atoms with van der Waals surface area (Å²) in [5.41, 5.74) is 1.31. The molecule has 1 saturated heterocycles. The molecule has 116 valence electrons. The minimum atomic E-state index is 0.471. The lowest BCUT2D eigenvalue weighted by Gasteiger charge is -2.23. The second-order valence-electron chi connectivity index (χ2n) is 5.58. The summed E-state index contributed by atoms with van der Waals surface area (Å²) < 4.78 is 1.25. The molecule has 0 radical (unpaired) electrons. The zero-order valence-corrected chi connectivity index (χ0v) is 16.2. The monoisotopic (exact) mass is 435 g/mol. The van der Waals surface area contributed by atoms with Gasteiger partial charge in [-0.15, -0.1) is 11.8 Å². The van der Waals surface area contributed by atoms with Crippen molar-refractivity contribution in [2.24, 2.45) is 0 Å². The zero-order chi connectivity index (χ0) is 14.7. The standard InChI is InChI=1S/C15H22IN3S2/c1-2-17-15-12(16)13(10-5-3-4-6-10)18-14(19-15)11-9-20-7-8-21-11/h10-11H,2-9H2,1H3,(H,17,18,19). The van der Waals surface area contributed by atoms with E-state index in [2.05, 4.69) is 34.8 Å². The lowest BCUT2D eigenvalue weighted by Crippen LogP contribution is -2.16. The van der Waals surface area contributed by atoms with Crippen molar-refractivity contribution in [3.05, 3.63) is 15.1 Å². The number of aromatic nitrogens is 2. The van der Waals surface area contributed by atoms with E-state index in [0.29, 0.717) is 11.2 Å². The minimum Gasteiger partial charge on any atom is -0.369 e. The maximum absolute atomic E-state index is 5.03. The summed E-state index contributed by atoms with van der Waals surface area (Å²) in [4.78, 5) is 9.88. The number of nitrogens with one attached hydrogen (secondary N) is 1. The summed E-state index contributed by atoms with van der Waals surface area (Å²) in [6, 6.07) is 0. The molecule has 0 aromatic carbocycles. The highest BCUT2D eigenvalue weighted by molar-refractivity contribution is 14.1. The van der Waals surface area contributed by atoms with Gasteiger partial charge in [0.2, 0.25) is 0 Å². The van der Waals surface area contributed by atoms with E-state index in [-0.39, 0.29) is 0 Å². The van der Waals surface area contributed by atoms with Crippen molar-refractivity contribution in [3.8, 4) is 0 Å². The molecule has 1 saturated carbocycles. The quantitative estimate of drug-likeness (QED) is 0.695. The van der Waals surface area contributed by atoms with Crippen LogP contribution in [-0.2, 0) is 0 Å². The van der Waals surface area contributed by atoms with Gasteiger partial charge in [-0.1, -0.05) is 12.8 Å². The number of thioether (sulfide) groups is 2. The molecule has 2 heterocycles. The number of rotatable bonds is 4. The predicted octanol–water partition coefficient (Wildman–Crippen LogP) is 4.69. The van der Waals surface area contributed by atoms with Crippen molar-refractivity contribution in [3.63, 3.8) is 0 Å². The highest BCUT2D eigenvalue weighted by atomic mass is 127. The van der Waals surface area contributed by atoms with Gasteiger partial charge >= 0.3 is 0 Å². The third-order valence-corrected chi connectivity index (χ3v) is 7.90. The zero-order valence-electron chi connectivity index (χ0n) is 12.4. The van der Waals surface area contributed by atoms with Crippen LogP contribution in [0.15, 0.2) is 0 Å². The number of hydrogen-bond acceptors (Lipinski definition) is 5. The van der Waals surface area contributed by atoms with Gasteiger partial charge in [0.25, 0.3) is 0 Å². The van der Waals surface area contributed by atoms with Gasteiger partial charge in [-0.3, -0.25) is 0 Å². The Hall–Kier alpha value is 0.310. The van der Waals surface area contributed by atoms with Gasteiger partial charge in [-0.05, 0) is 42.4 Å². The van der Waals surface area contributed by atoms with E-state index in [1.807, 2.05) is 23.5 Å². The van der Waals surface area contributed by atoms with Gasteiger partial charge < -0.3 is 5.32 Å². The largest absolute Gasteiger partial charge is 0.369 e. The molecule has 1 atom stereocenters. The first-order chi connectivity index (χ1) is 10.3. The Balaban J connectivity index is 1.94. The summed E-state index contributed by atoms with van der Waals surface area (Å²) in [5.74, 6) is 6.41. The van der Waals surface area contributed by atoms with Crippen LogP contribution < -0.4 is 5.32 Å². The highest BCUT2D eigenvalue weighted by Gasteiger charge is 2.27. The van der Waals surface area contributed by atoms with E-state index >= 15 is 0 Å². The smallest absolute Gasteiger partial charge is 0.144 e. The molecule has 1 N–H and O–H groups in total. The van der Waals surface area contributed by atoms with Crippen molar-refractivity contribution in [1.82, 2.24) is 9.97 Å². The average Bonchev–Trinajstić information content (AvgIpc) is 3.04. The minimum absolute atomic E-state index is 0.471. The molecule has 1 aliphatic heterocycles. The molecule has 1 unspecified atom stereocenters. The van der Waals surface area contributed by atoms with Crippen LogP contribution in [0, 0.1) is 3.57 Å².